The molecule has 5 heteroatoms. The highest BCUT2D eigenvalue weighted by atomic mass is 16.5. The van der Waals surface area contributed by atoms with E-state index in [0.717, 1.165) is 0 Å². The molecule has 0 rings (SSSR count). The molecule has 0 aliphatic carbocycles. The molecule has 70 valence electrons. The van der Waals surface area contributed by atoms with Gasteiger partial charge in [-0.2, -0.15) is 0 Å². The summed E-state index contributed by atoms with van der Waals surface area (Å²) in [6, 6.07) is 0. The van der Waals surface area contributed by atoms with Gasteiger partial charge in [0.15, 0.2) is 0 Å². The highest BCUT2D eigenvalue weighted by Crippen LogP contribution is 1.63. The highest BCUT2D eigenvalue weighted by molar-refractivity contribution is 5.86. The summed E-state index contributed by atoms with van der Waals surface area (Å²) in [5, 5.41) is 10.2. The second-order valence-electron chi connectivity index (χ2n) is 1.55. The Morgan fingerprint density at radius 1 is 1.67 bits per heavy atom. The SMILES string of the molecule is C=CC(=O)NC.COC(=O)CO. The van der Waals surface area contributed by atoms with Crippen molar-refractivity contribution in [2.24, 2.45) is 0 Å². The summed E-state index contributed by atoms with van der Waals surface area (Å²) in [5.74, 6) is -0.745. The van der Waals surface area contributed by atoms with Crippen molar-refractivity contribution in [3.05, 3.63) is 12.7 Å². The summed E-state index contributed by atoms with van der Waals surface area (Å²) in [7, 11) is 2.78. The van der Waals surface area contributed by atoms with Gasteiger partial charge < -0.3 is 15.2 Å². The third kappa shape index (κ3) is 11.4. The molecule has 0 aliphatic heterocycles. The summed E-state index contributed by atoms with van der Waals surface area (Å²) >= 11 is 0. The number of aliphatic hydroxyl groups is 1. The van der Waals surface area contributed by atoms with E-state index in [1.165, 1.54) is 13.2 Å². The number of hydrogen-bond donors (Lipinski definition) is 2. The van der Waals surface area contributed by atoms with E-state index in [4.69, 9.17) is 5.11 Å². The van der Waals surface area contributed by atoms with E-state index < -0.39 is 12.6 Å². The lowest BCUT2D eigenvalue weighted by Crippen LogP contribution is -2.13. The topological polar surface area (TPSA) is 75.6 Å². The van der Waals surface area contributed by atoms with Gasteiger partial charge in [-0.05, 0) is 6.08 Å². The number of aliphatic hydroxyl groups excluding tert-OH is 1. The van der Waals surface area contributed by atoms with Crippen LogP contribution in [0.5, 0.6) is 0 Å². The Hall–Kier alpha value is -1.36. The van der Waals surface area contributed by atoms with Gasteiger partial charge in [0.1, 0.15) is 6.61 Å². The number of carbonyl (C=O) groups is 2. The third-order valence-electron chi connectivity index (χ3n) is 0.789. The normalized spacial score (nSPS) is 7.25. The Labute approximate surface area is 71.0 Å². The van der Waals surface area contributed by atoms with Crippen LogP contribution in [0.3, 0.4) is 0 Å². The van der Waals surface area contributed by atoms with Gasteiger partial charge >= 0.3 is 5.97 Å². The van der Waals surface area contributed by atoms with Gasteiger partial charge in [0, 0.05) is 7.05 Å². The van der Waals surface area contributed by atoms with E-state index in [1.807, 2.05) is 0 Å². The van der Waals surface area contributed by atoms with Crippen LogP contribution in [0.25, 0.3) is 0 Å². The number of carbonyl (C=O) groups excluding carboxylic acids is 2. The molecule has 0 saturated heterocycles. The Morgan fingerprint density at radius 2 is 2.17 bits per heavy atom. The largest absolute Gasteiger partial charge is 0.467 e. The molecule has 0 fully saturated rings. The number of esters is 1. The molecule has 0 saturated carbocycles. The van der Waals surface area contributed by atoms with Crippen molar-refractivity contribution in [2.75, 3.05) is 20.8 Å². The lowest BCUT2D eigenvalue weighted by atomic mass is 10.6. The van der Waals surface area contributed by atoms with Gasteiger partial charge in [-0.25, -0.2) is 4.79 Å². The third-order valence-corrected chi connectivity index (χ3v) is 0.789. The van der Waals surface area contributed by atoms with E-state index in [0.29, 0.717) is 0 Å². The molecule has 2 N–H and O–H groups in total. The summed E-state index contributed by atoms with van der Waals surface area (Å²) in [6.07, 6.45) is 1.22. The maximum absolute atomic E-state index is 9.95. The van der Waals surface area contributed by atoms with E-state index in [9.17, 15) is 9.59 Å². The number of likely N-dealkylation sites (N-methyl/N-ethyl adjacent to an activating group) is 1. The van der Waals surface area contributed by atoms with Crippen molar-refractivity contribution in [2.45, 2.75) is 0 Å². The van der Waals surface area contributed by atoms with Crippen LogP contribution in [0.1, 0.15) is 0 Å². The molecule has 0 aliphatic rings. The zero-order valence-corrected chi connectivity index (χ0v) is 7.16. The van der Waals surface area contributed by atoms with Crippen molar-refractivity contribution in [3.63, 3.8) is 0 Å². The first-order valence-corrected chi connectivity index (χ1v) is 3.14. The van der Waals surface area contributed by atoms with Crippen LogP contribution in [-0.4, -0.2) is 37.7 Å². The Bertz CT molecular complexity index is 149. The van der Waals surface area contributed by atoms with E-state index in [-0.39, 0.29) is 5.91 Å². The zero-order chi connectivity index (χ0) is 9.98. The van der Waals surface area contributed by atoms with Crippen molar-refractivity contribution in [1.29, 1.82) is 0 Å². The van der Waals surface area contributed by atoms with Crippen molar-refractivity contribution < 1.29 is 19.4 Å². The standard InChI is InChI=1S/C4H7NO.C3H6O3/c1-3-4(6)5-2;1-6-3(5)2-4/h3H,1H2,2H3,(H,5,6);4H,2H2,1H3. The van der Waals surface area contributed by atoms with E-state index in [2.05, 4.69) is 16.6 Å². The second-order valence-corrected chi connectivity index (χ2v) is 1.55. The summed E-state index contributed by atoms with van der Waals surface area (Å²) in [5.41, 5.74) is 0. The van der Waals surface area contributed by atoms with Gasteiger partial charge in [-0.1, -0.05) is 6.58 Å². The van der Waals surface area contributed by atoms with Crippen molar-refractivity contribution in [3.8, 4) is 0 Å². The average molecular weight is 175 g/mol. The molecule has 0 aromatic carbocycles. The van der Waals surface area contributed by atoms with Gasteiger partial charge in [0.2, 0.25) is 5.91 Å². The molecule has 0 atom stereocenters. The maximum atomic E-state index is 9.95. The molecule has 0 aromatic rings. The fraction of sp³-hybridized carbons (Fsp3) is 0.429. The van der Waals surface area contributed by atoms with Crippen LogP contribution in [-0.2, 0) is 14.3 Å². The minimum absolute atomic E-state index is 0.144. The Balaban J connectivity index is 0. The number of rotatable bonds is 2. The van der Waals surface area contributed by atoms with Crippen LogP contribution >= 0.6 is 0 Å². The van der Waals surface area contributed by atoms with Crippen LogP contribution in [0.15, 0.2) is 12.7 Å². The molecule has 0 aromatic heterocycles. The molecule has 5 nitrogen and oxygen atoms in total. The number of nitrogens with one attached hydrogen (secondary N) is 1. The van der Waals surface area contributed by atoms with Crippen molar-refractivity contribution >= 4 is 11.9 Å². The molecule has 1 amide bonds. The van der Waals surface area contributed by atoms with Gasteiger partial charge in [0.25, 0.3) is 0 Å². The number of hydrogen-bond acceptors (Lipinski definition) is 4. The highest BCUT2D eigenvalue weighted by Gasteiger charge is 1.89. The number of ether oxygens (including phenoxy) is 1. The first kappa shape index (κ1) is 13.2. The van der Waals surface area contributed by atoms with Crippen LogP contribution in [0.4, 0.5) is 0 Å². The minimum atomic E-state index is -0.602. The van der Waals surface area contributed by atoms with E-state index in [1.54, 1.807) is 7.05 Å². The second kappa shape index (κ2) is 9.64. The van der Waals surface area contributed by atoms with Gasteiger partial charge in [-0.15, -0.1) is 0 Å². The molecule has 0 heterocycles. The minimum Gasteiger partial charge on any atom is -0.467 e. The molecular weight excluding hydrogens is 162 g/mol. The first-order chi connectivity index (χ1) is 5.62. The smallest absolute Gasteiger partial charge is 0.331 e. The van der Waals surface area contributed by atoms with Crippen LogP contribution < -0.4 is 5.32 Å². The lowest BCUT2D eigenvalue weighted by molar-refractivity contribution is -0.143. The summed E-state index contributed by atoms with van der Waals surface area (Å²) in [6.45, 7) is 2.69. The average Bonchev–Trinajstić information content (AvgIpc) is 2.16. The fourth-order valence-electron chi connectivity index (χ4n) is 0.167. The van der Waals surface area contributed by atoms with Crippen molar-refractivity contribution in [1.82, 2.24) is 5.32 Å². The number of methoxy groups -OCH3 is 1. The summed E-state index contributed by atoms with van der Waals surface area (Å²) in [4.78, 5) is 19.7. The van der Waals surface area contributed by atoms with Gasteiger partial charge in [0.05, 0.1) is 7.11 Å². The molecule has 0 radical (unpaired) electrons. The molecule has 0 spiro atoms. The Morgan fingerprint density at radius 3 is 2.17 bits per heavy atom. The number of amides is 1. The monoisotopic (exact) mass is 175 g/mol. The quantitative estimate of drug-likeness (QED) is 0.420. The molecular formula is C7H13NO4. The first-order valence-electron chi connectivity index (χ1n) is 3.14. The zero-order valence-electron chi connectivity index (χ0n) is 7.16. The fourth-order valence-corrected chi connectivity index (χ4v) is 0.167. The predicted molar refractivity (Wildman–Crippen MR) is 43.4 cm³/mol. The van der Waals surface area contributed by atoms with Gasteiger partial charge in [-0.3, -0.25) is 4.79 Å². The predicted octanol–water partition coefficient (Wildman–Crippen LogP) is -0.930. The lowest BCUT2D eigenvalue weighted by Gasteiger charge is -1.86. The van der Waals surface area contributed by atoms with E-state index >= 15 is 0 Å². The van der Waals surface area contributed by atoms with Crippen LogP contribution in [0.2, 0.25) is 0 Å². The molecule has 0 unspecified atom stereocenters. The molecule has 12 heavy (non-hydrogen) atoms. The van der Waals surface area contributed by atoms with Crippen LogP contribution in [0, 0.1) is 0 Å². The summed E-state index contributed by atoms with van der Waals surface area (Å²) < 4.78 is 4.01. The Kier molecular flexibility index (Phi) is 10.6. The molecule has 0 bridgehead atoms. The maximum Gasteiger partial charge on any atom is 0.331 e.